The van der Waals surface area contributed by atoms with Crippen molar-refractivity contribution in [2.75, 3.05) is 6.61 Å². The monoisotopic (exact) mass is 382 g/mol. The molecular weight excluding hydrogens is 356 g/mol. The predicted molar refractivity (Wildman–Crippen MR) is 112 cm³/mol. The molecule has 4 heteroatoms. The first kappa shape index (κ1) is 19.4. The van der Waals surface area contributed by atoms with E-state index in [2.05, 4.69) is 6.92 Å². The lowest BCUT2D eigenvalue weighted by molar-refractivity contribution is 0.305. The zero-order chi connectivity index (χ0) is 19.3. The smallest absolute Gasteiger partial charge is 0.207 e. The van der Waals surface area contributed by atoms with Crippen molar-refractivity contribution in [2.45, 2.75) is 39.5 Å². The molecule has 2 aromatic rings. The largest absolute Gasteiger partial charge is 0.494 e. The van der Waals surface area contributed by atoms with Crippen LogP contribution in [0.2, 0.25) is 0 Å². The summed E-state index contributed by atoms with van der Waals surface area (Å²) in [4.78, 5) is 0.696. The van der Waals surface area contributed by atoms with Gasteiger partial charge in [-0.1, -0.05) is 56.0 Å². The van der Waals surface area contributed by atoms with Crippen molar-refractivity contribution < 1.29 is 13.2 Å². The van der Waals surface area contributed by atoms with Gasteiger partial charge in [0.05, 0.1) is 16.4 Å². The molecule has 0 unspecified atom stereocenters. The second-order valence-corrected chi connectivity index (χ2v) is 8.75. The molecule has 0 saturated heterocycles. The van der Waals surface area contributed by atoms with E-state index in [1.54, 1.807) is 12.2 Å². The summed E-state index contributed by atoms with van der Waals surface area (Å²) < 4.78 is 31.7. The summed E-state index contributed by atoms with van der Waals surface area (Å²) in [5, 5.41) is 0. The Morgan fingerprint density at radius 1 is 0.778 bits per heavy atom. The molecule has 1 aliphatic rings. The van der Waals surface area contributed by atoms with E-state index >= 15 is 0 Å². The van der Waals surface area contributed by atoms with Gasteiger partial charge in [0, 0.05) is 0 Å². The van der Waals surface area contributed by atoms with Crippen LogP contribution in [-0.2, 0) is 9.84 Å². The average molecular weight is 383 g/mol. The Labute approximate surface area is 162 Å². The highest BCUT2D eigenvalue weighted by Crippen LogP contribution is 2.38. The molecule has 0 bridgehead atoms. The lowest BCUT2D eigenvalue weighted by atomic mass is 10.1. The van der Waals surface area contributed by atoms with Crippen LogP contribution in [0.25, 0.3) is 9.81 Å². The van der Waals surface area contributed by atoms with Crippen molar-refractivity contribution in [1.29, 1.82) is 0 Å². The van der Waals surface area contributed by atoms with Crippen molar-refractivity contribution in [1.82, 2.24) is 0 Å². The molecule has 3 rings (SSSR count). The van der Waals surface area contributed by atoms with E-state index < -0.39 is 9.84 Å². The van der Waals surface area contributed by atoms with Crippen molar-refractivity contribution in [3.8, 4) is 5.75 Å². The van der Waals surface area contributed by atoms with Crippen molar-refractivity contribution in [3.05, 3.63) is 77.4 Å². The van der Waals surface area contributed by atoms with Gasteiger partial charge in [0.1, 0.15) is 5.75 Å². The van der Waals surface area contributed by atoms with Crippen LogP contribution in [0, 0.1) is 6.92 Å². The maximum Gasteiger partial charge on any atom is 0.207 e. The van der Waals surface area contributed by atoms with Gasteiger partial charge in [0.25, 0.3) is 0 Å². The molecule has 2 aromatic carbocycles. The van der Waals surface area contributed by atoms with E-state index in [9.17, 15) is 8.42 Å². The van der Waals surface area contributed by atoms with E-state index in [1.807, 2.05) is 55.5 Å². The molecular formula is C23H26O3S. The summed E-state index contributed by atoms with van der Waals surface area (Å²) in [6.07, 6.45) is 8.02. The fourth-order valence-corrected chi connectivity index (χ4v) is 4.73. The first-order valence-corrected chi connectivity index (χ1v) is 11.0. The first-order chi connectivity index (χ1) is 13.0. The number of aryl methyl sites for hydroxylation is 1. The molecule has 142 valence electrons. The summed E-state index contributed by atoms with van der Waals surface area (Å²) in [7, 11) is -3.51. The molecule has 0 atom stereocenters. The van der Waals surface area contributed by atoms with Gasteiger partial charge in [-0.2, -0.15) is 0 Å². The highest BCUT2D eigenvalue weighted by atomic mass is 32.2. The summed E-state index contributed by atoms with van der Waals surface area (Å²) in [6, 6.07) is 14.9. The molecule has 0 N–H and O–H groups in total. The van der Waals surface area contributed by atoms with Crippen LogP contribution < -0.4 is 4.74 Å². The summed E-state index contributed by atoms with van der Waals surface area (Å²) in [6.45, 7) is 4.86. The van der Waals surface area contributed by atoms with Gasteiger partial charge in [-0.25, -0.2) is 8.42 Å². The minimum Gasteiger partial charge on any atom is -0.494 e. The molecule has 3 nitrogen and oxygen atoms in total. The van der Waals surface area contributed by atoms with Crippen LogP contribution in [0.1, 0.15) is 49.3 Å². The van der Waals surface area contributed by atoms with Crippen LogP contribution in [0.3, 0.4) is 0 Å². The Bertz CT molecular complexity index is 934. The Morgan fingerprint density at radius 2 is 1.33 bits per heavy atom. The number of hydrogen-bond acceptors (Lipinski definition) is 3. The van der Waals surface area contributed by atoms with Gasteiger partial charge in [0.15, 0.2) is 0 Å². The molecule has 1 heterocycles. The van der Waals surface area contributed by atoms with Crippen LogP contribution in [-0.4, -0.2) is 15.0 Å². The zero-order valence-electron chi connectivity index (χ0n) is 15.9. The molecule has 0 aromatic heterocycles. The fourth-order valence-electron chi connectivity index (χ4n) is 3.10. The number of rotatable bonds is 8. The summed E-state index contributed by atoms with van der Waals surface area (Å²) in [5.74, 6) is 0.776. The molecule has 0 amide bonds. The number of ether oxygens (including phenoxy) is 1. The second kappa shape index (κ2) is 8.57. The predicted octanol–water partition coefficient (Wildman–Crippen LogP) is 5.76. The minimum absolute atomic E-state index is 0.340. The van der Waals surface area contributed by atoms with Crippen LogP contribution in [0.4, 0.5) is 0 Å². The third kappa shape index (κ3) is 4.51. The van der Waals surface area contributed by atoms with Crippen LogP contribution in [0.15, 0.2) is 60.7 Å². The van der Waals surface area contributed by atoms with E-state index in [0.29, 0.717) is 22.0 Å². The first-order valence-electron chi connectivity index (χ1n) is 9.49. The molecule has 0 saturated carbocycles. The van der Waals surface area contributed by atoms with Crippen LogP contribution in [0.5, 0.6) is 5.75 Å². The van der Waals surface area contributed by atoms with E-state index in [-0.39, 0.29) is 0 Å². The molecule has 0 fully saturated rings. The normalized spacial score (nSPS) is 15.3. The van der Waals surface area contributed by atoms with Gasteiger partial charge >= 0.3 is 0 Å². The highest BCUT2D eigenvalue weighted by molar-refractivity contribution is 8.09. The molecule has 27 heavy (non-hydrogen) atoms. The minimum atomic E-state index is -3.51. The average Bonchev–Trinajstić information content (AvgIpc) is 2.98. The third-order valence-electron chi connectivity index (χ3n) is 4.71. The van der Waals surface area contributed by atoms with Crippen molar-refractivity contribution >= 4 is 19.6 Å². The molecule has 1 aliphatic heterocycles. The maximum absolute atomic E-state index is 13.0. The van der Waals surface area contributed by atoms with Gasteiger partial charge < -0.3 is 4.74 Å². The number of allylic oxidation sites excluding steroid dienone is 2. The van der Waals surface area contributed by atoms with Gasteiger partial charge in [-0.15, -0.1) is 0 Å². The van der Waals surface area contributed by atoms with Gasteiger partial charge in [0.2, 0.25) is 9.84 Å². The van der Waals surface area contributed by atoms with Crippen LogP contribution >= 0.6 is 0 Å². The molecule has 0 radical (unpaired) electrons. The zero-order valence-corrected chi connectivity index (χ0v) is 16.8. The summed E-state index contributed by atoms with van der Waals surface area (Å²) >= 11 is 0. The number of hydrogen-bond donors (Lipinski definition) is 0. The SMILES string of the molecule is CCCCCCOc1ccc(C2=CC=C(c3ccc(C)cc3)S2(=O)=O)cc1. The topological polar surface area (TPSA) is 43.4 Å². The van der Waals surface area contributed by atoms with Gasteiger partial charge in [-0.3, -0.25) is 0 Å². The van der Waals surface area contributed by atoms with E-state index in [1.165, 1.54) is 19.3 Å². The quantitative estimate of drug-likeness (QED) is 0.545. The Balaban J connectivity index is 1.68. The third-order valence-corrected chi connectivity index (χ3v) is 6.61. The lowest BCUT2D eigenvalue weighted by Crippen LogP contribution is -2.03. The molecule has 0 spiro atoms. The van der Waals surface area contributed by atoms with Crippen molar-refractivity contribution in [3.63, 3.8) is 0 Å². The van der Waals surface area contributed by atoms with E-state index in [0.717, 1.165) is 23.3 Å². The maximum atomic E-state index is 13.0. The standard InChI is InChI=1S/C23H26O3S/c1-3-4-5-6-17-26-21-13-11-20(12-14-21)23-16-15-22(27(23,24)25)19-9-7-18(2)8-10-19/h7-16H,3-6,17H2,1-2H3. The van der Waals surface area contributed by atoms with E-state index in [4.69, 9.17) is 4.74 Å². The highest BCUT2D eigenvalue weighted by Gasteiger charge is 2.29. The number of sulfone groups is 1. The number of benzene rings is 2. The number of unbranched alkanes of at least 4 members (excludes halogenated alkanes) is 3. The Kier molecular flexibility index (Phi) is 6.17. The Hall–Kier alpha value is -2.33. The lowest BCUT2D eigenvalue weighted by Gasteiger charge is -2.10. The van der Waals surface area contributed by atoms with Gasteiger partial charge in [-0.05, 0) is 60.9 Å². The summed E-state index contributed by atoms with van der Waals surface area (Å²) in [5.41, 5.74) is 2.51. The fraction of sp³-hybridized carbons (Fsp3) is 0.304. The van der Waals surface area contributed by atoms with Crippen molar-refractivity contribution in [2.24, 2.45) is 0 Å². The Morgan fingerprint density at radius 3 is 1.89 bits per heavy atom. The molecule has 0 aliphatic carbocycles. The second-order valence-electron chi connectivity index (χ2n) is 6.86.